The minimum Gasteiger partial charge on any atom is -0.310 e. The lowest BCUT2D eigenvalue weighted by Crippen LogP contribution is -2.13. The first-order valence-corrected chi connectivity index (χ1v) is 21.9. The van der Waals surface area contributed by atoms with E-state index in [1.807, 2.05) is 0 Å². The van der Waals surface area contributed by atoms with Crippen molar-refractivity contribution < 1.29 is 0 Å². The van der Waals surface area contributed by atoms with Gasteiger partial charge in [0.1, 0.15) is 0 Å². The second kappa shape index (κ2) is 14.5. The van der Waals surface area contributed by atoms with Gasteiger partial charge in [-0.05, 0) is 102 Å². The van der Waals surface area contributed by atoms with E-state index in [-0.39, 0.29) is 0 Å². The largest absolute Gasteiger partial charge is 0.310 e. The first kappa shape index (κ1) is 36.1. The fourth-order valence-electron chi connectivity index (χ4n) is 10.3. The first-order chi connectivity index (χ1) is 31.8. The second-order valence-electron chi connectivity index (χ2n) is 16.6. The Labute approximate surface area is 370 Å². The van der Waals surface area contributed by atoms with Gasteiger partial charge in [-0.15, -0.1) is 0 Å². The van der Waals surface area contributed by atoms with Crippen LogP contribution >= 0.6 is 0 Å². The molecule has 0 spiro atoms. The maximum Gasteiger partial charge on any atom is 0.0709 e. The normalized spacial score (nSPS) is 11.8. The van der Waals surface area contributed by atoms with Crippen molar-refractivity contribution in [1.29, 1.82) is 0 Å². The zero-order valence-electron chi connectivity index (χ0n) is 34.9. The number of para-hydroxylation sites is 8. The number of benzene rings is 10. The molecule has 0 aliphatic carbocycles. The average Bonchev–Trinajstić information content (AvgIpc) is 3.88. The Hall–Kier alpha value is -8.60. The third kappa shape index (κ3) is 5.56. The Bertz CT molecular complexity index is 3710. The van der Waals surface area contributed by atoms with Crippen LogP contribution in [0.3, 0.4) is 0 Å². The second-order valence-corrected chi connectivity index (χ2v) is 16.6. The molecule has 0 saturated heterocycles. The van der Waals surface area contributed by atoms with E-state index in [1.54, 1.807) is 0 Å². The van der Waals surface area contributed by atoms with Crippen molar-refractivity contribution in [2.45, 2.75) is 0 Å². The van der Waals surface area contributed by atoms with Gasteiger partial charge in [-0.3, -0.25) is 0 Å². The molecule has 0 radical (unpaired) electrons. The summed E-state index contributed by atoms with van der Waals surface area (Å²) in [6.45, 7) is 0. The minimum atomic E-state index is 1.06. The Balaban J connectivity index is 1.18. The molecule has 4 nitrogen and oxygen atoms in total. The molecule has 13 aromatic rings. The summed E-state index contributed by atoms with van der Waals surface area (Å²) in [5.74, 6) is 0. The summed E-state index contributed by atoms with van der Waals surface area (Å²) >= 11 is 0. The molecule has 13 rings (SSSR count). The van der Waals surface area contributed by atoms with Gasteiger partial charge >= 0.3 is 0 Å². The molecule has 64 heavy (non-hydrogen) atoms. The first-order valence-electron chi connectivity index (χ1n) is 21.9. The molecule has 4 heteroatoms. The van der Waals surface area contributed by atoms with E-state index in [2.05, 4.69) is 261 Å². The van der Waals surface area contributed by atoms with Gasteiger partial charge in [0.25, 0.3) is 0 Å². The summed E-state index contributed by atoms with van der Waals surface area (Å²) in [5.41, 5.74) is 15.8. The van der Waals surface area contributed by atoms with E-state index in [1.165, 1.54) is 54.4 Å². The monoisotopic (exact) mass is 816 g/mol. The molecule has 3 heterocycles. The van der Waals surface area contributed by atoms with Gasteiger partial charge in [0.2, 0.25) is 0 Å². The van der Waals surface area contributed by atoms with Gasteiger partial charge in [-0.2, -0.15) is 0 Å². The maximum atomic E-state index is 2.53. The zero-order valence-corrected chi connectivity index (χ0v) is 34.9. The lowest BCUT2D eigenvalue weighted by Gasteiger charge is -2.30. The van der Waals surface area contributed by atoms with Crippen LogP contribution in [0, 0.1) is 0 Å². The quantitative estimate of drug-likeness (QED) is 0.159. The molecule has 0 saturated carbocycles. The van der Waals surface area contributed by atoms with Crippen LogP contribution in [0.5, 0.6) is 0 Å². The summed E-state index contributed by atoms with van der Waals surface area (Å²) in [6.07, 6.45) is 0. The molecular formula is C60H40N4. The highest BCUT2D eigenvalue weighted by molar-refractivity contribution is 6.25. The molecular weight excluding hydrogens is 777 g/mol. The topological polar surface area (TPSA) is 15.3 Å². The van der Waals surface area contributed by atoms with E-state index in [0.717, 1.165) is 56.3 Å². The van der Waals surface area contributed by atoms with Gasteiger partial charge in [0.15, 0.2) is 0 Å². The number of aromatic nitrogens is 2. The fourth-order valence-corrected chi connectivity index (χ4v) is 10.3. The Kier molecular flexibility index (Phi) is 8.18. The third-order valence-corrected chi connectivity index (χ3v) is 12.9. The Morgan fingerprint density at radius 3 is 1.02 bits per heavy atom. The minimum absolute atomic E-state index is 1.06. The number of anilines is 6. The van der Waals surface area contributed by atoms with Crippen molar-refractivity contribution in [2.75, 3.05) is 9.80 Å². The van der Waals surface area contributed by atoms with Crippen molar-refractivity contribution in [3.05, 3.63) is 243 Å². The van der Waals surface area contributed by atoms with Crippen LogP contribution in [0.15, 0.2) is 243 Å². The van der Waals surface area contributed by atoms with Crippen LogP contribution in [0.4, 0.5) is 34.1 Å². The van der Waals surface area contributed by atoms with Crippen LogP contribution < -0.4 is 9.80 Å². The zero-order chi connectivity index (χ0) is 42.1. The highest BCUT2D eigenvalue weighted by Gasteiger charge is 2.22. The highest BCUT2D eigenvalue weighted by atomic mass is 15.2. The molecule has 0 amide bonds. The summed E-state index contributed by atoms with van der Waals surface area (Å²) < 4.78 is 5.04. The molecule has 0 fully saturated rings. The number of nitrogens with zero attached hydrogens (tertiary/aromatic N) is 4. The smallest absolute Gasteiger partial charge is 0.0709 e. The molecule has 0 aliphatic heterocycles. The van der Waals surface area contributed by atoms with Crippen LogP contribution in [0.1, 0.15) is 0 Å². The number of rotatable bonds is 7. The lowest BCUT2D eigenvalue weighted by atomic mass is 10.0. The van der Waals surface area contributed by atoms with Gasteiger partial charge in [0.05, 0.1) is 33.1 Å². The standard InChI is InChI=1S/C60H40N4/c1-5-19-43(20-6-1)61(44-21-7-2-8-22-44)47-37-42(38-48(40-47)62(45-23-9-3-10-24-45)46-25-11-4-12-26-46)41-35-36-57-58(39-41)64-56-34-16-14-28-50(56)52-30-18-32-54(60(52)64)53-31-17-29-51-49-27-13-15-33-55(49)63(57)59(51)53/h1-40H. The Morgan fingerprint density at radius 2 is 0.578 bits per heavy atom. The third-order valence-electron chi connectivity index (χ3n) is 12.9. The molecule has 0 unspecified atom stereocenters. The number of hydrogen-bond donors (Lipinski definition) is 0. The Morgan fingerprint density at radius 1 is 0.219 bits per heavy atom. The number of hydrogen-bond acceptors (Lipinski definition) is 2. The van der Waals surface area contributed by atoms with Crippen LogP contribution in [-0.2, 0) is 0 Å². The summed E-state index contributed by atoms with van der Waals surface area (Å²) in [7, 11) is 0. The van der Waals surface area contributed by atoms with Gasteiger partial charge in [-0.1, -0.05) is 152 Å². The molecule has 300 valence electrons. The molecule has 0 aliphatic rings. The molecule has 10 aromatic carbocycles. The lowest BCUT2D eigenvalue weighted by molar-refractivity contribution is 1.25. The predicted molar refractivity (Wildman–Crippen MR) is 271 cm³/mol. The summed E-state index contributed by atoms with van der Waals surface area (Å²) in [5, 5.41) is 7.46. The van der Waals surface area contributed by atoms with Gasteiger partial charge in [-0.25, -0.2) is 0 Å². The van der Waals surface area contributed by atoms with E-state index < -0.39 is 0 Å². The SMILES string of the molecule is c1ccc(N(c2ccccc2)c2cc(-c3ccc4c(c3)n3c5ccccc5c5cccc(c6cccc7c8ccccc8n4c76)c53)cc(N(c3ccccc3)c3ccccc3)c2)cc1. The fraction of sp³-hybridized carbons (Fsp3) is 0. The van der Waals surface area contributed by atoms with Crippen molar-refractivity contribution >= 4 is 99.5 Å². The van der Waals surface area contributed by atoms with E-state index >= 15 is 0 Å². The van der Waals surface area contributed by atoms with Crippen molar-refractivity contribution in [3.63, 3.8) is 0 Å². The van der Waals surface area contributed by atoms with Crippen LogP contribution in [-0.4, -0.2) is 8.80 Å². The predicted octanol–water partition coefficient (Wildman–Crippen LogP) is 16.6. The average molecular weight is 817 g/mol. The van der Waals surface area contributed by atoms with E-state index in [4.69, 9.17) is 0 Å². The van der Waals surface area contributed by atoms with Crippen molar-refractivity contribution in [3.8, 4) is 11.1 Å². The van der Waals surface area contributed by atoms with Crippen molar-refractivity contribution in [2.24, 2.45) is 0 Å². The van der Waals surface area contributed by atoms with Gasteiger partial charge in [0, 0.05) is 66.4 Å². The van der Waals surface area contributed by atoms with Crippen LogP contribution in [0.2, 0.25) is 0 Å². The van der Waals surface area contributed by atoms with Crippen LogP contribution in [0.25, 0.3) is 76.5 Å². The summed E-state index contributed by atoms with van der Waals surface area (Å²) in [6, 6.07) is 88.3. The van der Waals surface area contributed by atoms with E-state index in [0.29, 0.717) is 0 Å². The van der Waals surface area contributed by atoms with Crippen molar-refractivity contribution in [1.82, 2.24) is 8.80 Å². The summed E-state index contributed by atoms with van der Waals surface area (Å²) in [4.78, 5) is 4.74. The van der Waals surface area contributed by atoms with E-state index in [9.17, 15) is 0 Å². The molecule has 0 N–H and O–H groups in total. The molecule has 0 bridgehead atoms. The molecule has 3 aromatic heterocycles. The van der Waals surface area contributed by atoms with Gasteiger partial charge < -0.3 is 18.6 Å². The highest BCUT2D eigenvalue weighted by Crippen LogP contribution is 2.45. The maximum absolute atomic E-state index is 2.53. The molecule has 0 atom stereocenters. The number of fused-ring (bicyclic) bond motifs is 10.